The van der Waals surface area contributed by atoms with Crippen LogP contribution in [0.15, 0.2) is 55.1 Å². The van der Waals surface area contributed by atoms with Crippen molar-refractivity contribution in [1.29, 1.82) is 0 Å². The number of hydrogen-bond donors (Lipinski definition) is 1. The first kappa shape index (κ1) is 16.6. The Bertz CT molecular complexity index is 815. The zero-order valence-electron chi connectivity index (χ0n) is 13.8. The summed E-state index contributed by atoms with van der Waals surface area (Å²) in [5.41, 5.74) is 1.77. The van der Waals surface area contributed by atoms with Crippen LogP contribution in [0.1, 0.15) is 10.4 Å². The van der Waals surface area contributed by atoms with Gasteiger partial charge in [-0.1, -0.05) is 6.08 Å². The van der Waals surface area contributed by atoms with E-state index in [0.29, 0.717) is 35.0 Å². The van der Waals surface area contributed by atoms with Crippen LogP contribution in [0.4, 0.5) is 11.4 Å². The topological polar surface area (TPSA) is 67.9 Å². The van der Waals surface area contributed by atoms with Gasteiger partial charge >= 0.3 is 0 Å². The molecule has 3 rings (SSSR count). The zero-order valence-corrected chi connectivity index (χ0v) is 13.8. The molecule has 1 aliphatic heterocycles. The van der Waals surface area contributed by atoms with E-state index < -0.39 is 0 Å². The van der Waals surface area contributed by atoms with Crippen molar-refractivity contribution in [2.45, 2.75) is 0 Å². The molecule has 0 atom stereocenters. The number of amides is 2. The van der Waals surface area contributed by atoms with Crippen LogP contribution in [0.3, 0.4) is 0 Å². The van der Waals surface area contributed by atoms with Crippen molar-refractivity contribution in [2.75, 3.05) is 30.5 Å². The van der Waals surface area contributed by atoms with Gasteiger partial charge in [0.2, 0.25) is 0 Å². The number of methoxy groups -OCH3 is 1. The number of rotatable bonds is 5. The van der Waals surface area contributed by atoms with E-state index in [1.54, 1.807) is 60.6 Å². The summed E-state index contributed by atoms with van der Waals surface area (Å²) in [6.07, 6.45) is 1.66. The molecule has 2 aromatic carbocycles. The number of carbonyl (C=O) groups is 2. The van der Waals surface area contributed by atoms with Gasteiger partial charge in [-0.15, -0.1) is 6.58 Å². The molecule has 0 saturated heterocycles. The molecular formula is C19H18N2O4. The van der Waals surface area contributed by atoms with Crippen LogP contribution in [0.25, 0.3) is 0 Å². The van der Waals surface area contributed by atoms with Crippen LogP contribution < -0.4 is 19.7 Å². The van der Waals surface area contributed by atoms with Crippen molar-refractivity contribution < 1.29 is 19.1 Å². The Morgan fingerprint density at radius 1 is 1.32 bits per heavy atom. The average Bonchev–Trinajstić information content (AvgIpc) is 2.64. The highest BCUT2D eigenvalue weighted by molar-refractivity contribution is 6.05. The Kier molecular flexibility index (Phi) is 4.70. The van der Waals surface area contributed by atoms with Gasteiger partial charge in [0.1, 0.15) is 11.5 Å². The van der Waals surface area contributed by atoms with Crippen molar-refractivity contribution in [3.05, 3.63) is 60.7 Å². The second kappa shape index (κ2) is 7.09. The first-order valence-electron chi connectivity index (χ1n) is 7.76. The largest absolute Gasteiger partial charge is 0.497 e. The van der Waals surface area contributed by atoms with Gasteiger partial charge in [0.15, 0.2) is 6.61 Å². The normalized spacial score (nSPS) is 12.8. The van der Waals surface area contributed by atoms with E-state index in [1.165, 1.54) is 0 Å². The van der Waals surface area contributed by atoms with Gasteiger partial charge in [-0.25, -0.2) is 0 Å². The molecular weight excluding hydrogens is 320 g/mol. The number of benzene rings is 2. The highest BCUT2D eigenvalue weighted by Gasteiger charge is 2.24. The van der Waals surface area contributed by atoms with Crippen molar-refractivity contribution >= 4 is 23.2 Å². The molecule has 2 aromatic rings. The Labute approximate surface area is 145 Å². The molecule has 1 heterocycles. The first-order chi connectivity index (χ1) is 12.1. The minimum absolute atomic E-state index is 0.0310. The van der Waals surface area contributed by atoms with Gasteiger partial charge in [-0.05, 0) is 36.4 Å². The molecule has 1 aliphatic rings. The Balaban J connectivity index is 1.78. The van der Waals surface area contributed by atoms with E-state index in [4.69, 9.17) is 9.47 Å². The Hall–Kier alpha value is -3.28. The van der Waals surface area contributed by atoms with Crippen LogP contribution in [0.5, 0.6) is 11.5 Å². The summed E-state index contributed by atoms with van der Waals surface area (Å²) in [6.45, 7) is 4.04. The first-order valence-corrected chi connectivity index (χ1v) is 7.76. The third-order valence-corrected chi connectivity index (χ3v) is 3.82. The number of anilines is 2. The maximum Gasteiger partial charge on any atom is 0.265 e. The quantitative estimate of drug-likeness (QED) is 0.851. The molecule has 0 fully saturated rings. The second-order valence-electron chi connectivity index (χ2n) is 5.45. The average molecular weight is 338 g/mol. The fraction of sp³-hybridized carbons (Fsp3) is 0.158. The maximum atomic E-state index is 12.3. The van der Waals surface area contributed by atoms with Gasteiger partial charge in [-0.3, -0.25) is 9.59 Å². The summed E-state index contributed by atoms with van der Waals surface area (Å²) in [7, 11) is 1.57. The van der Waals surface area contributed by atoms with Gasteiger partial charge in [0.05, 0.1) is 12.8 Å². The number of nitrogens with zero attached hydrogens (tertiary/aromatic N) is 1. The number of nitrogens with one attached hydrogen (secondary N) is 1. The van der Waals surface area contributed by atoms with Gasteiger partial charge in [-0.2, -0.15) is 0 Å². The molecule has 1 N–H and O–H groups in total. The number of ether oxygens (including phenoxy) is 2. The summed E-state index contributed by atoms with van der Waals surface area (Å²) in [5, 5.41) is 2.82. The molecule has 0 bridgehead atoms. The molecule has 6 nitrogen and oxygen atoms in total. The number of fused-ring (bicyclic) bond motifs is 1. The lowest BCUT2D eigenvalue weighted by Crippen LogP contribution is -2.38. The third kappa shape index (κ3) is 3.47. The lowest BCUT2D eigenvalue weighted by atomic mass is 10.1. The molecule has 0 saturated carbocycles. The fourth-order valence-electron chi connectivity index (χ4n) is 2.56. The predicted octanol–water partition coefficient (Wildman–Crippen LogP) is 2.86. The predicted molar refractivity (Wildman–Crippen MR) is 95.4 cm³/mol. The molecule has 0 spiro atoms. The monoisotopic (exact) mass is 338 g/mol. The van der Waals surface area contributed by atoms with Crippen molar-refractivity contribution in [1.82, 2.24) is 0 Å². The summed E-state index contributed by atoms with van der Waals surface area (Å²) in [5.74, 6) is 0.875. The molecule has 0 unspecified atom stereocenters. The molecule has 0 aromatic heterocycles. The third-order valence-electron chi connectivity index (χ3n) is 3.82. The zero-order chi connectivity index (χ0) is 17.8. The Morgan fingerprint density at radius 3 is 2.76 bits per heavy atom. The summed E-state index contributed by atoms with van der Waals surface area (Å²) in [6, 6.07) is 12.0. The van der Waals surface area contributed by atoms with Crippen molar-refractivity contribution in [3.8, 4) is 11.5 Å². The molecule has 0 aliphatic carbocycles. The standard InChI is InChI=1S/C19H18N2O4/c1-3-10-21-16-9-6-14(11-17(16)25-12-18(21)22)20-19(23)13-4-7-15(24-2)8-5-13/h3-9,11H,1,10,12H2,2H3,(H,20,23). The second-order valence-corrected chi connectivity index (χ2v) is 5.45. The smallest absolute Gasteiger partial charge is 0.265 e. The van der Waals surface area contributed by atoms with Crippen molar-refractivity contribution in [2.24, 2.45) is 0 Å². The molecule has 25 heavy (non-hydrogen) atoms. The minimum Gasteiger partial charge on any atom is -0.497 e. The van der Waals surface area contributed by atoms with E-state index in [-0.39, 0.29) is 18.4 Å². The summed E-state index contributed by atoms with van der Waals surface area (Å²) < 4.78 is 10.6. The lowest BCUT2D eigenvalue weighted by molar-refractivity contribution is -0.121. The van der Waals surface area contributed by atoms with Crippen LogP contribution in [0, 0.1) is 0 Å². The van der Waals surface area contributed by atoms with Gasteiger partial charge in [0, 0.05) is 23.9 Å². The molecule has 6 heteroatoms. The van der Waals surface area contributed by atoms with E-state index in [1.807, 2.05) is 0 Å². The van der Waals surface area contributed by atoms with Crippen LogP contribution >= 0.6 is 0 Å². The van der Waals surface area contributed by atoms with Crippen LogP contribution in [-0.4, -0.2) is 32.1 Å². The summed E-state index contributed by atoms with van der Waals surface area (Å²) >= 11 is 0. The molecule has 2 amide bonds. The molecule has 0 radical (unpaired) electrons. The fourth-order valence-corrected chi connectivity index (χ4v) is 2.56. The Morgan fingerprint density at radius 2 is 2.08 bits per heavy atom. The summed E-state index contributed by atoms with van der Waals surface area (Å²) in [4.78, 5) is 25.8. The van der Waals surface area contributed by atoms with E-state index in [9.17, 15) is 9.59 Å². The minimum atomic E-state index is -0.238. The number of carbonyl (C=O) groups excluding carboxylic acids is 2. The van der Waals surface area contributed by atoms with E-state index in [2.05, 4.69) is 11.9 Å². The van der Waals surface area contributed by atoms with Gasteiger partial charge < -0.3 is 19.7 Å². The highest BCUT2D eigenvalue weighted by Crippen LogP contribution is 2.34. The van der Waals surface area contributed by atoms with Crippen LogP contribution in [0.2, 0.25) is 0 Å². The lowest BCUT2D eigenvalue weighted by Gasteiger charge is -2.28. The number of hydrogen-bond acceptors (Lipinski definition) is 4. The maximum absolute atomic E-state index is 12.3. The van der Waals surface area contributed by atoms with Crippen molar-refractivity contribution in [3.63, 3.8) is 0 Å². The highest BCUT2D eigenvalue weighted by atomic mass is 16.5. The van der Waals surface area contributed by atoms with Gasteiger partial charge in [0.25, 0.3) is 11.8 Å². The molecule has 128 valence electrons. The van der Waals surface area contributed by atoms with E-state index in [0.717, 1.165) is 0 Å². The van der Waals surface area contributed by atoms with E-state index >= 15 is 0 Å². The SMILES string of the molecule is C=CCN1C(=O)COc2cc(NC(=O)c3ccc(OC)cc3)ccc21. The van der Waals surface area contributed by atoms with Crippen LogP contribution in [-0.2, 0) is 4.79 Å².